The van der Waals surface area contributed by atoms with Crippen LogP contribution in [0.4, 0.5) is 11.4 Å². The topological polar surface area (TPSA) is 58.6 Å². The molecule has 0 saturated heterocycles. The summed E-state index contributed by atoms with van der Waals surface area (Å²) in [6, 6.07) is 11.9. The molecule has 0 aliphatic heterocycles. The number of halogens is 1. The lowest BCUT2D eigenvalue weighted by molar-refractivity contribution is 0.0698. The van der Waals surface area contributed by atoms with Crippen molar-refractivity contribution in [1.29, 1.82) is 0 Å². The average molecular weight is 278 g/mol. The molecule has 0 aliphatic carbocycles. The second-order valence-electron chi connectivity index (χ2n) is 3.82. The lowest BCUT2D eigenvalue weighted by Crippen LogP contribution is -2.03. The van der Waals surface area contributed by atoms with Crippen LogP contribution in [-0.2, 0) is 0 Å². The first-order valence-corrected chi connectivity index (χ1v) is 5.92. The number of ether oxygens (including phenoxy) is 1. The molecule has 0 aliphatic rings. The summed E-state index contributed by atoms with van der Waals surface area (Å²) in [5.74, 6) is -0.304. The number of aromatic carboxylic acids is 1. The van der Waals surface area contributed by atoms with Gasteiger partial charge in [0.25, 0.3) is 0 Å². The summed E-state index contributed by atoms with van der Waals surface area (Å²) in [7, 11) is 1.58. The molecule has 2 aromatic rings. The predicted molar refractivity (Wildman–Crippen MR) is 74.7 cm³/mol. The maximum Gasteiger partial charge on any atom is 0.337 e. The monoisotopic (exact) mass is 277 g/mol. The summed E-state index contributed by atoms with van der Waals surface area (Å²) >= 11 is 6.03. The number of nitrogens with one attached hydrogen (secondary N) is 1. The molecule has 19 heavy (non-hydrogen) atoms. The summed E-state index contributed by atoms with van der Waals surface area (Å²) in [4.78, 5) is 11.1. The molecule has 0 radical (unpaired) electrons. The van der Waals surface area contributed by atoms with E-state index in [4.69, 9.17) is 21.4 Å². The molecule has 0 heterocycles. The van der Waals surface area contributed by atoms with E-state index in [0.29, 0.717) is 10.7 Å². The second kappa shape index (κ2) is 5.63. The first-order chi connectivity index (χ1) is 9.11. The Morgan fingerprint density at radius 2 is 1.89 bits per heavy atom. The fourth-order valence-electron chi connectivity index (χ4n) is 1.65. The van der Waals surface area contributed by atoms with E-state index < -0.39 is 5.97 Å². The van der Waals surface area contributed by atoms with Gasteiger partial charge in [-0.2, -0.15) is 0 Å². The number of rotatable bonds is 4. The quantitative estimate of drug-likeness (QED) is 0.893. The number of hydrogen-bond donors (Lipinski definition) is 2. The van der Waals surface area contributed by atoms with Crippen LogP contribution >= 0.6 is 11.6 Å². The van der Waals surface area contributed by atoms with Gasteiger partial charge in [-0.05, 0) is 36.4 Å². The van der Waals surface area contributed by atoms with Crippen molar-refractivity contribution >= 4 is 28.9 Å². The highest BCUT2D eigenvalue weighted by Gasteiger charge is 2.13. The summed E-state index contributed by atoms with van der Waals surface area (Å²) in [6.45, 7) is 0. The number of carboxylic acid groups (broad SMARTS) is 1. The molecule has 2 aromatic carbocycles. The summed E-state index contributed by atoms with van der Waals surface area (Å²) in [5, 5.41) is 12.5. The lowest BCUT2D eigenvalue weighted by Gasteiger charge is -2.11. The third-order valence-electron chi connectivity index (χ3n) is 2.60. The predicted octanol–water partition coefficient (Wildman–Crippen LogP) is 3.79. The van der Waals surface area contributed by atoms with Gasteiger partial charge < -0.3 is 15.2 Å². The molecular weight excluding hydrogens is 266 g/mol. The van der Waals surface area contributed by atoms with Crippen molar-refractivity contribution in [3.8, 4) is 5.75 Å². The largest absolute Gasteiger partial charge is 0.497 e. The van der Waals surface area contributed by atoms with Crippen LogP contribution in [0.3, 0.4) is 0 Å². The standard InChI is InChI=1S/C14H12ClNO3/c1-19-10-7-5-9(6-8-10)16-13-11(14(17)18)3-2-4-12(13)15/h2-8,16H,1H3,(H,17,18). The molecule has 0 amide bonds. The summed E-state index contributed by atoms with van der Waals surface area (Å²) in [6.07, 6.45) is 0. The Kier molecular flexibility index (Phi) is 3.92. The van der Waals surface area contributed by atoms with Crippen molar-refractivity contribution in [2.24, 2.45) is 0 Å². The highest BCUT2D eigenvalue weighted by atomic mass is 35.5. The fourth-order valence-corrected chi connectivity index (χ4v) is 1.87. The zero-order valence-corrected chi connectivity index (χ0v) is 10.9. The molecule has 2 rings (SSSR count). The number of para-hydroxylation sites is 1. The maximum atomic E-state index is 11.1. The number of benzene rings is 2. The van der Waals surface area contributed by atoms with Crippen LogP contribution < -0.4 is 10.1 Å². The van der Waals surface area contributed by atoms with Gasteiger partial charge in [-0.3, -0.25) is 0 Å². The molecule has 0 fully saturated rings. The van der Waals surface area contributed by atoms with Crippen LogP contribution in [0.25, 0.3) is 0 Å². The van der Waals surface area contributed by atoms with Crippen LogP contribution in [0, 0.1) is 0 Å². The van der Waals surface area contributed by atoms with E-state index in [1.165, 1.54) is 6.07 Å². The Morgan fingerprint density at radius 1 is 1.21 bits per heavy atom. The highest BCUT2D eigenvalue weighted by Crippen LogP contribution is 2.29. The van der Waals surface area contributed by atoms with Crippen molar-refractivity contribution in [2.45, 2.75) is 0 Å². The van der Waals surface area contributed by atoms with Gasteiger partial charge in [0.05, 0.1) is 23.4 Å². The number of carboxylic acids is 1. The molecule has 5 heteroatoms. The Morgan fingerprint density at radius 3 is 2.47 bits per heavy atom. The Labute approximate surface area is 115 Å². The van der Waals surface area contributed by atoms with Crippen LogP contribution in [0.5, 0.6) is 5.75 Å². The van der Waals surface area contributed by atoms with E-state index in [-0.39, 0.29) is 5.56 Å². The smallest absolute Gasteiger partial charge is 0.337 e. The lowest BCUT2D eigenvalue weighted by atomic mass is 10.1. The van der Waals surface area contributed by atoms with Crippen molar-refractivity contribution in [3.63, 3.8) is 0 Å². The van der Waals surface area contributed by atoms with Crippen LogP contribution in [0.1, 0.15) is 10.4 Å². The summed E-state index contributed by atoms with van der Waals surface area (Å²) < 4.78 is 5.06. The van der Waals surface area contributed by atoms with Gasteiger partial charge >= 0.3 is 5.97 Å². The van der Waals surface area contributed by atoms with Gasteiger partial charge in [0.2, 0.25) is 0 Å². The van der Waals surface area contributed by atoms with Gasteiger partial charge in [0.15, 0.2) is 0 Å². The molecule has 0 unspecified atom stereocenters. The molecular formula is C14H12ClNO3. The van der Waals surface area contributed by atoms with E-state index in [1.807, 2.05) is 0 Å². The Balaban J connectivity index is 2.34. The molecule has 0 aromatic heterocycles. The van der Waals surface area contributed by atoms with Crippen LogP contribution in [0.15, 0.2) is 42.5 Å². The highest BCUT2D eigenvalue weighted by molar-refractivity contribution is 6.34. The normalized spacial score (nSPS) is 10.0. The zero-order valence-electron chi connectivity index (χ0n) is 10.2. The first kappa shape index (κ1) is 13.2. The third-order valence-corrected chi connectivity index (χ3v) is 2.92. The molecule has 0 spiro atoms. The van der Waals surface area contributed by atoms with Crippen molar-refractivity contribution in [2.75, 3.05) is 12.4 Å². The average Bonchev–Trinajstić information content (AvgIpc) is 2.41. The van der Waals surface area contributed by atoms with Gasteiger partial charge in [-0.1, -0.05) is 17.7 Å². The minimum Gasteiger partial charge on any atom is -0.497 e. The number of methoxy groups -OCH3 is 1. The molecule has 0 atom stereocenters. The Bertz CT molecular complexity index is 596. The van der Waals surface area contributed by atoms with Gasteiger partial charge in [-0.15, -0.1) is 0 Å². The van der Waals surface area contributed by atoms with Crippen LogP contribution in [-0.4, -0.2) is 18.2 Å². The van der Waals surface area contributed by atoms with E-state index in [0.717, 1.165) is 11.4 Å². The SMILES string of the molecule is COc1ccc(Nc2c(Cl)cccc2C(=O)O)cc1. The van der Waals surface area contributed by atoms with Gasteiger partial charge in [0, 0.05) is 5.69 Å². The number of anilines is 2. The van der Waals surface area contributed by atoms with Crippen molar-refractivity contribution in [1.82, 2.24) is 0 Å². The summed E-state index contributed by atoms with van der Waals surface area (Å²) in [5.41, 5.74) is 1.24. The van der Waals surface area contributed by atoms with Gasteiger partial charge in [0.1, 0.15) is 5.75 Å². The minimum absolute atomic E-state index is 0.128. The van der Waals surface area contributed by atoms with E-state index >= 15 is 0 Å². The van der Waals surface area contributed by atoms with Crippen LogP contribution in [0.2, 0.25) is 5.02 Å². The van der Waals surface area contributed by atoms with Crippen molar-refractivity contribution in [3.05, 3.63) is 53.1 Å². The van der Waals surface area contributed by atoms with E-state index in [9.17, 15) is 4.79 Å². The van der Waals surface area contributed by atoms with Crippen molar-refractivity contribution < 1.29 is 14.6 Å². The Hall–Kier alpha value is -2.20. The third kappa shape index (κ3) is 2.98. The molecule has 98 valence electrons. The minimum atomic E-state index is -1.03. The molecule has 0 bridgehead atoms. The fraction of sp³-hybridized carbons (Fsp3) is 0.0714. The zero-order chi connectivity index (χ0) is 13.8. The molecule has 0 saturated carbocycles. The van der Waals surface area contributed by atoms with E-state index in [2.05, 4.69) is 5.32 Å². The molecule has 2 N–H and O–H groups in total. The first-order valence-electron chi connectivity index (χ1n) is 5.54. The second-order valence-corrected chi connectivity index (χ2v) is 4.23. The maximum absolute atomic E-state index is 11.1. The number of carbonyl (C=O) groups is 1. The van der Waals surface area contributed by atoms with E-state index in [1.54, 1.807) is 43.5 Å². The van der Waals surface area contributed by atoms with Gasteiger partial charge in [-0.25, -0.2) is 4.79 Å². The molecule has 4 nitrogen and oxygen atoms in total. The number of hydrogen-bond acceptors (Lipinski definition) is 3.